The molecule has 0 aromatic heterocycles. The van der Waals surface area contributed by atoms with E-state index >= 15 is 0 Å². The molecule has 3 aliphatic rings. The zero-order valence-corrected chi connectivity index (χ0v) is 27.0. The fourth-order valence-corrected chi connectivity index (χ4v) is 7.55. The van der Waals surface area contributed by atoms with Crippen molar-refractivity contribution in [1.82, 2.24) is 4.90 Å². The molecule has 3 aromatic rings. The maximum Gasteiger partial charge on any atom is 0.231 e. The van der Waals surface area contributed by atoms with E-state index < -0.39 is 0 Å². The van der Waals surface area contributed by atoms with E-state index in [1.165, 1.54) is 32.1 Å². The summed E-state index contributed by atoms with van der Waals surface area (Å²) in [6.07, 6.45) is 7.23. The second kappa shape index (κ2) is 15.1. The molecule has 1 atom stereocenters. The van der Waals surface area contributed by atoms with Crippen LogP contribution in [-0.4, -0.2) is 57.1 Å². The molecule has 3 aromatic carbocycles. The van der Waals surface area contributed by atoms with E-state index in [9.17, 15) is 4.79 Å². The summed E-state index contributed by atoms with van der Waals surface area (Å²) in [6, 6.07) is 20.2. The van der Waals surface area contributed by atoms with Crippen molar-refractivity contribution >= 4 is 35.8 Å². The number of thioether (sulfide) groups is 1. The van der Waals surface area contributed by atoms with Gasteiger partial charge in [0.2, 0.25) is 12.7 Å². The number of halogens is 1. The molecule has 236 valence electrons. The van der Waals surface area contributed by atoms with Crippen molar-refractivity contribution in [2.75, 3.05) is 45.1 Å². The summed E-state index contributed by atoms with van der Waals surface area (Å²) >= 11 is 1.67. The molecule has 2 aliphatic heterocycles. The van der Waals surface area contributed by atoms with Gasteiger partial charge in [0.15, 0.2) is 11.5 Å². The SMILES string of the molecule is COc1ccc(OCCCN(CCOc2ccc3c(c2)OCO3)C2CCCCC2)c(C2Sc3ccccc3N2C(C)=O)c1.Cl. The third-order valence-electron chi connectivity index (χ3n) is 8.35. The highest BCUT2D eigenvalue weighted by molar-refractivity contribution is 8.00. The molecule has 10 heteroatoms. The van der Waals surface area contributed by atoms with E-state index in [0.717, 1.165) is 64.4 Å². The fourth-order valence-electron chi connectivity index (χ4n) is 6.19. The quantitative estimate of drug-likeness (QED) is 0.189. The average Bonchev–Trinajstić information content (AvgIpc) is 3.67. The first-order valence-corrected chi connectivity index (χ1v) is 16.1. The molecule has 8 nitrogen and oxygen atoms in total. The first-order chi connectivity index (χ1) is 21.1. The van der Waals surface area contributed by atoms with Crippen LogP contribution in [0.2, 0.25) is 0 Å². The number of hydrogen-bond acceptors (Lipinski definition) is 8. The van der Waals surface area contributed by atoms with Gasteiger partial charge < -0.3 is 23.7 Å². The lowest BCUT2D eigenvalue weighted by molar-refractivity contribution is -0.116. The standard InChI is InChI=1S/C34H40N2O6S.ClH/c1-24(37)36-29-11-6-7-12-33(29)43-34(36)28-21-26(38-2)13-15-30(28)40-19-8-17-35(25-9-4-3-5-10-25)18-20-39-27-14-16-31-32(22-27)42-23-41-31;/h6-7,11-16,21-22,25,34H,3-5,8-10,17-20,23H2,1-2H3;1H. The van der Waals surface area contributed by atoms with Gasteiger partial charge in [-0.1, -0.05) is 43.2 Å². The van der Waals surface area contributed by atoms with Gasteiger partial charge in [-0.15, -0.1) is 12.4 Å². The number of methoxy groups -OCH3 is 1. The van der Waals surface area contributed by atoms with Gasteiger partial charge in [0.25, 0.3) is 0 Å². The van der Waals surface area contributed by atoms with Crippen LogP contribution in [0, 0.1) is 0 Å². The normalized spacial score (nSPS) is 17.2. The number of anilines is 1. The summed E-state index contributed by atoms with van der Waals surface area (Å²) in [4.78, 5) is 18.3. The summed E-state index contributed by atoms with van der Waals surface area (Å²) < 4.78 is 29.0. The summed E-state index contributed by atoms with van der Waals surface area (Å²) in [7, 11) is 1.66. The van der Waals surface area contributed by atoms with E-state index in [2.05, 4.69) is 11.0 Å². The Labute approximate surface area is 270 Å². The highest BCUT2D eigenvalue weighted by Crippen LogP contribution is 2.53. The zero-order chi connectivity index (χ0) is 29.6. The monoisotopic (exact) mass is 640 g/mol. The minimum atomic E-state index is -0.216. The molecule has 1 saturated carbocycles. The van der Waals surface area contributed by atoms with E-state index in [1.54, 1.807) is 25.8 Å². The van der Waals surface area contributed by atoms with Gasteiger partial charge in [-0.05, 0) is 61.7 Å². The Bertz CT molecular complexity index is 1420. The van der Waals surface area contributed by atoms with Crippen LogP contribution in [0.25, 0.3) is 0 Å². The van der Waals surface area contributed by atoms with Crippen LogP contribution < -0.4 is 28.6 Å². The van der Waals surface area contributed by atoms with Crippen LogP contribution in [0.15, 0.2) is 65.6 Å². The first-order valence-electron chi connectivity index (χ1n) is 15.2. The lowest BCUT2D eigenvalue weighted by Gasteiger charge is -2.34. The van der Waals surface area contributed by atoms with Gasteiger partial charge >= 0.3 is 0 Å². The molecule has 1 aliphatic carbocycles. The van der Waals surface area contributed by atoms with Crippen molar-refractivity contribution in [1.29, 1.82) is 0 Å². The number of para-hydroxylation sites is 1. The lowest BCUT2D eigenvalue weighted by Crippen LogP contribution is -2.40. The van der Waals surface area contributed by atoms with E-state index in [4.69, 9.17) is 23.7 Å². The Morgan fingerprint density at radius 1 is 0.932 bits per heavy atom. The maximum absolute atomic E-state index is 12.8. The topological polar surface area (TPSA) is 69.7 Å². The average molecular weight is 641 g/mol. The van der Waals surface area contributed by atoms with Crippen LogP contribution in [-0.2, 0) is 4.79 Å². The molecule has 0 saturated heterocycles. The molecule has 1 fully saturated rings. The smallest absolute Gasteiger partial charge is 0.231 e. The molecule has 1 amide bonds. The van der Waals surface area contributed by atoms with Crippen LogP contribution in [0.3, 0.4) is 0 Å². The number of carbonyl (C=O) groups excluding carboxylic acids is 1. The molecular weight excluding hydrogens is 600 g/mol. The molecule has 0 bridgehead atoms. The van der Waals surface area contributed by atoms with Gasteiger partial charge in [-0.3, -0.25) is 14.6 Å². The van der Waals surface area contributed by atoms with E-state index in [0.29, 0.717) is 19.3 Å². The highest BCUT2D eigenvalue weighted by atomic mass is 35.5. The Morgan fingerprint density at radius 3 is 2.55 bits per heavy atom. The van der Waals surface area contributed by atoms with E-state index in [-0.39, 0.29) is 30.5 Å². The van der Waals surface area contributed by atoms with Crippen molar-refractivity contribution in [2.24, 2.45) is 0 Å². The number of nitrogens with zero attached hydrogens (tertiary/aromatic N) is 2. The largest absolute Gasteiger partial charge is 0.497 e. The molecule has 1 unspecified atom stereocenters. The number of rotatable bonds is 12. The third-order valence-corrected chi connectivity index (χ3v) is 9.64. The number of benzene rings is 3. The van der Waals surface area contributed by atoms with Gasteiger partial charge in [0.1, 0.15) is 29.2 Å². The Balaban J connectivity index is 0.00000384. The lowest BCUT2D eigenvalue weighted by atomic mass is 9.94. The molecule has 0 N–H and O–H groups in total. The molecule has 6 rings (SSSR count). The molecule has 0 spiro atoms. The summed E-state index contributed by atoms with van der Waals surface area (Å²) in [5.41, 5.74) is 1.88. The van der Waals surface area contributed by atoms with Gasteiger partial charge in [-0.2, -0.15) is 0 Å². The molecular formula is C34H41ClN2O6S. The zero-order valence-electron chi connectivity index (χ0n) is 25.4. The van der Waals surface area contributed by atoms with Crippen LogP contribution in [0.1, 0.15) is 56.4 Å². The summed E-state index contributed by atoms with van der Waals surface area (Å²) in [6.45, 7) is 4.86. The number of fused-ring (bicyclic) bond motifs is 2. The van der Waals surface area contributed by atoms with Crippen molar-refractivity contribution in [3.8, 4) is 28.7 Å². The van der Waals surface area contributed by atoms with Gasteiger partial charge in [0.05, 0.1) is 19.4 Å². The Kier molecular flexibility index (Phi) is 11.1. The Hall–Kier alpha value is -3.27. The number of ether oxygens (including phenoxy) is 5. The second-order valence-electron chi connectivity index (χ2n) is 11.1. The summed E-state index contributed by atoms with van der Waals surface area (Å²) in [5, 5.41) is -0.216. The van der Waals surface area contributed by atoms with Gasteiger partial charge in [0, 0.05) is 42.6 Å². The van der Waals surface area contributed by atoms with Crippen molar-refractivity contribution in [3.05, 3.63) is 66.2 Å². The molecule has 44 heavy (non-hydrogen) atoms. The van der Waals surface area contributed by atoms with Crippen LogP contribution in [0.4, 0.5) is 5.69 Å². The minimum Gasteiger partial charge on any atom is -0.497 e. The minimum absolute atomic E-state index is 0. The van der Waals surface area contributed by atoms with Gasteiger partial charge in [-0.25, -0.2) is 0 Å². The van der Waals surface area contributed by atoms with Crippen molar-refractivity contribution in [2.45, 2.75) is 61.8 Å². The molecule has 0 radical (unpaired) electrons. The number of hydrogen-bond donors (Lipinski definition) is 0. The summed E-state index contributed by atoms with van der Waals surface area (Å²) in [5.74, 6) is 3.84. The predicted molar refractivity (Wildman–Crippen MR) is 175 cm³/mol. The maximum atomic E-state index is 12.8. The van der Waals surface area contributed by atoms with E-state index in [1.807, 2.05) is 59.5 Å². The van der Waals surface area contributed by atoms with Crippen molar-refractivity contribution in [3.63, 3.8) is 0 Å². The third kappa shape index (κ3) is 7.33. The van der Waals surface area contributed by atoms with Crippen LogP contribution >= 0.6 is 24.2 Å². The Morgan fingerprint density at radius 2 is 1.73 bits per heavy atom. The fraction of sp³-hybridized carbons (Fsp3) is 0.441. The number of amides is 1. The first kappa shape index (κ1) is 32.1. The second-order valence-corrected chi connectivity index (χ2v) is 12.2. The predicted octanol–water partition coefficient (Wildman–Crippen LogP) is 7.49. The van der Waals surface area contributed by atoms with Crippen LogP contribution in [0.5, 0.6) is 28.7 Å². The highest BCUT2D eigenvalue weighted by Gasteiger charge is 2.36. The number of carbonyl (C=O) groups is 1. The van der Waals surface area contributed by atoms with Crippen molar-refractivity contribution < 1.29 is 28.5 Å². The molecule has 2 heterocycles.